The van der Waals surface area contributed by atoms with Crippen molar-refractivity contribution in [2.75, 3.05) is 11.6 Å². The van der Waals surface area contributed by atoms with E-state index in [-0.39, 0.29) is 17.2 Å². The van der Waals surface area contributed by atoms with Crippen molar-refractivity contribution in [1.82, 2.24) is 0 Å². The fourth-order valence-electron chi connectivity index (χ4n) is 2.44. The van der Waals surface area contributed by atoms with Crippen LogP contribution >= 0.6 is 23.2 Å². The van der Waals surface area contributed by atoms with E-state index in [0.717, 1.165) is 5.01 Å². The lowest BCUT2D eigenvalue weighted by molar-refractivity contribution is -0.384. The summed E-state index contributed by atoms with van der Waals surface area (Å²) in [6.45, 7) is 2.08. The minimum atomic E-state index is -0.517. The maximum Gasteiger partial charge on any atom is 0.284 e. The Labute approximate surface area is 164 Å². The van der Waals surface area contributed by atoms with Gasteiger partial charge in [0, 0.05) is 12.1 Å². The summed E-state index contributed by atoms with van der Waals surface area (Å²) in [5, 5.41) is 16.8. The summed E-state index contributed by atoms with van der Waals surface area (Å²) in [4.78, 5) is 23.1. The molecule has 0 fully saturated rings. The van der Waals surface area contributed by atoms with E-state index >= 15 is 0 Å². The van der Waals surface area contributed by atoms with Crippen molar-refractivity contribution in [1.29, 1.82) is 0 Å². The van der Waals surface area contributed by atoms with Gasteiger partial charge in [-0.25, -0.2) is 0 Å². The van der Waals surface area contributed by atoms with Crippen LogP contribution in [0.1, 0.15) is 12.5 Å². The fraction of sp³-hybridized carbons (Fsp3) is 0.111. The lowest BCUT2D eigenvalue weighted by atomic mass is 10.1. The molecule has 0 bridgehead atoms. The molecule has 2 aromatic carbocycles. The number of carbonyl (C=O) groups excluding carboxylic acids is 1. The molecule has 0 aromatic heterocycles. The summed E-state index contributed by atoms with van der Waals surface area (Å²) >= 11 is 12.2. The fourth-order valence-corrected chi connectivity index (χ4v) is 2.80. The van der Waals surface area contributed by atoms with E-state index in [1.807, 2.05) is 0 Å². The molecule has 0 atom stereocenters. The molecule has 0 saturated heterocycles. The van der Waals surface area contributed by atoms with Gasteiger partial charge in [0.25, 0.3) is 11.6 Å². The third kappa shape index (κ3) is 3.79. The zero-order valence-electron chi connectivity index (χ0n) is 14.1. The first-order valence-corrected chi connectivity index (χ1v) is 8.64. The molecule has 27 heavy (non-hydrogen) atoms. The Morgan fingerprint density at radius 2 is 1.93 bits per heavy atom. The lowest BCUT2D eigenvalue weighted by Crippen LogP contribution is -2.21. The minimum absolute atomic E-state index is 0.0825. The number of carbonyl (C=O) groups is 1. The molecule has 3 rings (SSSR count). The number of benzene rings is 2. The van der Waals surface area contributed by atoms with Crippen LogP contribution in [0.3, 0.4) is 0 Å². The van der Waals surface area contributed by atoms with Crippen molar-refractivity contribution in [3.63, 3.8) is 0 Å². The molecule has 0 N–H and O–H groups in total. The van der Waals surface area contributed by atoms with E-state index in [4.69, 9.17) is 27.9 Å². The van der Waals surface area contributed by atoms with Gasteiger partial charge in [-0.05, 0) is 36.8 Å². The van der Waals surface area contributed by atoms with Crippen molar-refractivity contribution in [2.45, 2.75) is 6.92 Å². The molecule has 138 valence electrons. The van der Waals surface area contributed by atoms with Crippen LogP contribution in [0, 0.1) is 10.1 Å². The van der Waals surface area contributed by atoms with Crippen LogP contribution in [0.25, 0.3) is 6.08 Å². The Bertz CT molecular complexity index is 971. The zero-order chi connectivity index (χ0) is 19.6. The number of hydrogen-bond acceptors (Lipinski definition) is 5. The summed E-state index contributed by atoms with van der Waals surface area (Å²) < 4.78 is 5.48. The molecule has 9 heteroatoms. The van der Waals surface area contributed by atoms with Crippen molar-refractivity contribution in [2.24, 2.45) is 5.10 Å². The van der Waals surface area contributed by atoms with E-state index in [1.165, 1.54) is 24.3 Å². The van der Waals surface area contributed by atoms with E-state index < -0.39 is 10.8 Å². The minimum Gasteiger partial charge on any atom is -0.476 e. The summed E-state index contributed by atoms with van der Waals surface area (Å²) in [6.07, 6.45) is 1.55. The Morgan fingerprint density at radius 3 is 2.56 bits per heavy atom. The molecule has 1 aliphatic rings. The first-order valence-electron chi connectivity index (χ1n) is 7.88. The van der Waals surface area contributed by atoms with Gasteiger partial charge in [0.2, 0.25) is 5.90 Å². The normalized spacial score (nSPS) is 15.2. The molecule has 0 aliphatic carbocycles. The SMILES string of the molecule is CCOC1=NN(c2ccc([N+](=O)[O-])cc2)C(=O)/C1=C\c1cccc(Cl)c1Cl. The van der Waals surface area contributed by atoms with Crippen LogP contribution in [0.15, 0.2) is 53.1 Å². The van der Waals surface area contributed by atoms with E-state index in [2.05, 4.69) is 5.10 Å². The highest BCUT2D eigenvalue weighted by molar-refractivity contribution is 6.43. The molecule has 0 unspecified atom stereocenters. The highest BCUT2D eigenvalue weighted by Gasteiger charge is 2.33. The van der Waals surface area contributed by atoms with Crippen molar-refractivity contribution >= 4 is 52.5 Å². The number of anilines is 1. The van der Waals surface area contributed by atoms with E-state index in [1.54, 1.807) is 31.2 Å². The second-order valence-electron chi connectivity index (χ2n) is 5.43. The maximum absolute atomic E-state index is 12.9. The van der Waals surface area contributed by atoms with E-state index in [9.17, 15) is 14.9 Å². The highest BCUT2D eigenvalue weighted by atomic mass is 35.5. The highest BCUT2D eigenvalue weighted by Crippen LogP contribution is 2.31. The summed E-state index contributed by atoms with van der Waals surface area (Å²) in [5.74, 6) is -0.305. The number of nitrogens with zero attached hydrogens (tertiary/aromatic N) is 3. The summed E-state index contributed by atoms with van der Waals surface area (Å²) in [7, 11) is 0. The van der Waals surface area contributed by atoms with Gasteiger partial charge in [0.05, 0.1) is 27.3 Å². The predicted molar refractivity (Wildman–Crippen MR) is 104 cm³/mol. The molecule has 0 spiro atoms. The van der Waals surface area contributed by atoms with Gasteiger partial charge >= 0.3 is 0 Å². The Balaban J connectivity index is 2.00. The van der Waals surface area contributed by atoms with Crippen LogP contribution in [0.2, 0.25) is 10.0 Å². The monoisotopic (exact) mass is 405 g/mol. The predicted octanol–water partition coefficient (Wildman–Crippen LogP) is 4.68. The van der Waals surface area contributed by atoms with Gasteiger partial charge in [-0.2, -0.15) is 5.01 Å². The number of nitro groups is 1. The van der Waals surface area contributed by atoms with Crippen molar-refractivity contribution < 1.29 is 14.5 Å². The van der Waals surface area contributed by atoms with Crippen LogP contribution in [-0.4, -0.2) is 23.3 Å². The average Bonchev–Trinajstić information content (AvgIpc) is 2.95. The van der Waals surface area contributed by atoms with Crippen LogP contribution in [0.4, 0.5) is 11.4 Å². The van der Waals surface area contributed by atoms with Crippen LogP contribution in [0.5, 0.6) is 0 Å². The molecule has 0 radical (unpaired) electrons. The second-order valence-corrected chi connectivity index (χ2v) is 6.21. The lowest BCUT2D eigenvalue weighted by Gasteiger charge is -2.10. The van der Waals surface area contributed by atoms with Gasteiger partial charge in [-0.15, -0.1) is 5.10 Å². The Kier molecular flexibility index (Phi) is 5.43. The molecular weight excluding hydrogens is 393 g/mol. The standard InChI is InChI=1S/C18H13Cl2N3O4/c1-2-27-17-14(10-11-4-3-5-15(19)16(11)20)18(24)22(21-17)12-6-8-13(9-7-12)23(25)26/h3-10H,2H2,1H3/b14-10-. The van der Waals surface area contributed by atoms with Crippen molar-refractivity contribution in [3.05, 3.63) is 73.8 Å². The number of rotatable bonds is 4. The Hall–Kier alpha value is -2.90. The first kappa shape index (κ1) is 18.9. The van der Waals surface area contributed by atoms with Crippen molar-refractivity contribution in [3.8, 4) is 0 Å². The van der Waals surface area contributed by atoms with Gasteiger partial charge in [0.15, 0.2) is 0 Å². The Morgan fingerprint density at radius 1 is 1.22 bits per heavy atom. The smallest absolute Gasteiger partial charge is 0.284 e. The van der Waals surface area contributed by atoms with Gasteiger partial charge in [-0.1, -0.05) is 35.3 Å². The van der Waals surface area contributed by atoms with Gasteiger partial charge in [-0.3, -0.25) is 14.9 Å². The third-order valence-corrected chi connectivity index (χ3v) is 4.54. The number of halogens is 2. The third-order valence-electron chi connectivity index (χ3n) is 3.71. The quantitative estimate of drug-likeness (QED) is 0.419. The molecule has 0 saturated carbocycles. The molecule has 1 amide bonds. The van der Waals surface area contributed by atoms with Crippen LogP contribution < -0.4 is 5.01 Å². The first-order chi connectivity index (χ1) is 12.9. The topological polar surface area (TPSA) is 85.0 Å². The number of hydrazone groups is 1. The number of nitro benzene ring substituents is 1. The number of non-ortho nitro benzene ring substituents is 1. The largest absolute Gasteiger partial charge is 0.476 e. The van der Waals surface area contributed by atoms with Gasteiger partial charge in [0.1, 0.15) is 5.57 Å². The van der Waals surface area contributed by atoms with E-state index in [0.29, 0.717) is 27.9 Å². The second kappa shape index (κ2) is 7.77. The number of ether oxygens (including phenoxy) is 1. The summed E-state index contributed by atoms with van der Waals surface area (Å²) in [6, 6.07) is 10.6. The summed E-state index contributed by atoms with van der Waals surface area (Å²) in [5.41, 5.74) is 1.05. The van der Waals surface area contributed by atoms with Crippen LogP contribution in [-0.2, 0) is 9.53 Å². The molecule has 2 aromatic rings. The molecule has 1 heterocycles. The number of hydrogen-bond donors (Lipinski definition) is 0. The zero-order valence-corrected chi connectivity index (χ0v) is 15.6. The molecule has 7 nitrogen and oxygen atoms in total. The van der Waals surface area contributed by atoms with Gasteiger partial charge < -0.3 is 4.74 Å². The average molecular weight is 406 g/mol. The number of amides is 1. The molecular formula is C18H13Cl2N3O4. The maximum atomic E-state index is 12.9. The molecule has 1 aliphatic heterocycles.